The largest absolute Gasteiger partial charge is 0.457 e. The van der Waals surface area contributed by atoms with Crippen LogP contribution >= 0.6 is 0 Å². The second-order valence-electron chi connectivity index (χ2n) is 14.4. The molecule has 1 rings (SSSR count). The van der Waals surface area contributed by atoms with E-state index in [2.05, 4.69) is 38.2 Å². The Morgan fingerprint density at radius 1 is 0.627 bits per heavy atom. The fourth-order valence-corrected chi connectivity index (χ4v) is 6.27. The van der Waals surface area contributed by atoms with Crippen LogP contribution in [0.3, 0.4) is 0 Å². The zero-order valence-corrected chi connectivity index (χ0v) is 32.6. The number of hydrogen-bond donors (Lipinski definition) is 4. The van der Waals surface area contributed by atoms with Crippen molar-refractivity contribution in [2.45, 2.75) is 211 Å². The third kappa shape index (κ3) is 26.1. The Balaban J connectivity index is 2.30. The van der Waals surface area contributed by atoms with E-state index in [9.17, 15) is 25.2 Å². The molecule has 51 heavy (non-hydrogen) atoms. The first-order valence-electron chi connectivity index (χ1n) is 20.9. The number of aliphatic hydroxyl groups excluding tert-OH is 4. The highest BCUT2D eigenvalue weighted by Gasteiger charge is 2.44. The molecule has 0 amide bonds. The maximum absolute atomic E-state index is 12.7. The van der Waals surface area contributed by atoms with Gasteiger partial charge in [-0.05, 0) is 38.5 Å². The zero-order chi connectivity index (χ0) is 37.2. The Hall–Kier alpha value is -1.33. The van der Waals surface area contributed by atoms with Gasteiger partial charge in [-0.3, -0.25) is 4.79 Å². The van der Waals surface area contributed by atoms with Gasteiger partial charge in [0, 0.05) is 13.0 Å². The van der Waals surface area contributed by atoms with E-state index in [1.54, 1.807) is 0 Å². The average Bonchev–Trinajstić information content (AvgIpc) is 3.13. The van der Waals surface area contributed by atoms with Crippen molar-refractivity contribution in [2.24, 2.45) is 0 Å². The number of aliphatic hydroxyl groups is 4. The van der Waals surface area contributed by atoms with Crippen LogP contribution in [-0.4, -0.2) is 89.6 Å². The van der Waals surface area contributed by atoms with Gasteiger partial charge in [-0.15, -0.1) is 0 Å². The van der Waals surface area contributed by atoms with E-state index in [0.717, 1.165) is 57.8 Å². The monoisotopic (exact) mass is 727 g/mol. The van der Waals surface area contributed by atoms with Gasteiger partial charge in [0.25, 0.3) is 0 Å². The number of ether oxygens (including phenoxy) is 4. The van der Waals surface area contributed by atoms with Crippen molar-refractivity contribution in [1.82, 2.24) is 0 Å². The second-order valence-corrected chi connectivity index (χ2v) is 14.4. The smallest absolute Gasteiger partial charge is 0.306 e. The molecule has 1 aliphatic rings. The maximum atomic E-state index is 12.7. The molecule has 0 aromatic rings. The number of allylic oxidation sites excluding steroid dienone is 4. The van der Waals surface area contributed by atoms with Crippen molar-refractivity contribution in [3.8, 4) is 0 Å². The van der Waals surface area contributed by atoms with Crippen molar-refractivity contribution in [1.29, 1.82) is 0 Å². The lowest BCUT2D eigenvalue weighted by Crippen LogP contribution is -2.59. The van der Waals surface area contributed by atoms with Crippen LogP contribution in [0.1, 0.15) is 174 Å². The Morgan fingerprint density at radius 2 is 1.16 bits per heavy atom. The molecule has 1 fully saturated rings. The quantitative estimate of drug-likeness (QED) is 0.0288. The van der Waals surface area contributed by atoms with Crippen molar-refractivity contribution in [3.05, 3.63) is 24.3 Å². The predicted octanol–water partition coefficient (Wildman–Crippen LogP) is 8.64. The van der Waals surface area contributed by atoms with E-state index in [0.29, 0.717) is 13.0 Å². The van der Waals surface area contributed by atoms with Crippen LogP contribution in [0, 0.1) is 0 Å². The van der Waals surface area contributed by atoms with Gasteiger partial charge in [0.05, 0.1) is 19.8 Å². The average molecular weight is 727 g/mol. The van der Waals surface area contributed by atoms with Gasteiger partial charge in [0.15, 0.2) is 6.29 Å². The van der Waals surface area contributed by atoms with Crippen LogP contribution in [0.5, 0.6) is 0 Å². The lowest BCUT2D eigenvalue weighted by molar-refractivity contribution is -0.305. The molecule has 1 aliphatic heterocycles. The molecule has 300 valence electrons. The summed E-state index contributed by atoms with van der Waals surface area (Å²) in [6.07, 6.45) is 30.5. The summed E-state index contributed by atoms with van der Waals surface area (Å²) < 4.78 is 22.7. The standard InChI is InChI=1S/C42H78O9/c1-3-5-7-9-11-13-15-17-19-21-23-25-27-29-31-38(44)50-36(35-49-42-41(47)40(46)39(45)37(33-43)51-42)34-48-32-30-28-26-24-22-20-18-16-14-12-10-8-6-4-2/h9,11,15,17,36-37,39-43,45-47H,3-8,10,12-14,16,18-35H2,1-2H3/b11-9-,17-15-. The molecular weight excluding hydrogens is 648 g/mol. The van der Waals surface area contributed by atoms with E-state index in [-0.39, 0.29) is 19.2 Å². The van der Waals surface area contributed by atoms with E-state index < -0.39 is 43.4 Å². The Bertz CT molecular complexity index is 833. The molecule has 0 aliphatic carbocycles. The highest BCUT2D eigenvalue weighted by Crippen LogP contribution is 2.22. The Labute approximate surface area is 311 Å². The molecule has 9 nitrogen and oxygen atoms in total. The van der Waals surface area contributed by atoms with Gasteiger partial charge in [-0.2, -0.15) is 0 Å². The van der Waals surface area contributed by atoms with Gasteiger partial charge in [0.1, 0.15) is 30.5 Å². The molecule has 9 heteroatoms. The normalized spacial score (nSPS) is 21.6. The number of carbonyl (C=O) groups excluding carboxylic acids is 1. The zero-order valence-electron chi connectivity index (χ0n) is 32.6. The number of rotatable bonds is 35. The molecule has 0 aromatic heterocycles. The van der Waals surface area contributed by atoms with Gasteiger partial charge in [0.2, 0.25) is 0 Å². The second kappa shape index (κ2) is 34.4. The number of unbranched alkanes of at least 4 members (excludes halogenated alkanes) is 20. The summed E-state index contributed by atoms with van der Waals surface area (Å²) >= 11 is 0. The molecule has 6 atom stereocenters. The number of esters is 1. The fourth-order valence-electron chi connectivity index (χ4n) is 6.27. The summed E-state index contributed by atoms with van der Waals surface area (Å²) in [4.78, 5) is 12.7. The third-order valence-electron chi connectivity index (χ3n) is 9.62. The minimum atomic E-state index is -1.54. The van der Waals surface area contributed by atoms with Crippen LogP contribution in [0.15, 0.2) is 24.3 Å². The van der Waals surface area contributed by atoms with Gasteiger partial charge in [-0.1, -0.05) is 154 Å². The van der Waals surface area contributed by atoms with Gasteiger partial charge >= 0.3 is 5.97 Å². The highest BCUT2D eigenvalue weighted by molar-refractivity contribution is 5.69. The van der Waals surface area contributed by atoms with Crippen LogP contribution in [-0.2, 0) is 23.7 Å². The summed E-state index contributed by atoms with van der Waals surface area (Å²) in [6.45, 7) is 4.51. The molecular formula is C42H78O9. The van der Waals surface area contributed by atoms with Crippen LogP contribution in [0.25, 0.3) is 0 Å². The van der Waals surface area contributed by atoms with Crippen LogP contribution < -0.4 is 0 Å². The van der Waals surface area contributed by atoms with Crippen LogP contribution in [0.4, 0.5) is 0 Å². The molecule has 1 heterocycles. The molecule has 0 spiro atoms. The Morgan fingerprint density at radius 3 is 1.75 bits per heavy atom. The van der Waals surface area contributed by atoms with E-state index >= 15 is 0 Å². The number of carbonyl (C=O) groups is 1. The first kappa shape index (κ1) is 47.7. The molecule has 0 saturated carbocycles. The van der Waals surface area contributed by atoms with E-state index in [1.807, 2.05) is 0 Å². The minimum absolute atomic E-state index is 0.116. The summed E-state index contributed by atoms with van der Waals surface area (Å²) in [5.74, 6) is -0.326. The summed E-state index contributed by atoms with van der Waals surface area (Å²) in [5, 5.41) is 40.0. The highest BCUT2D eigenvalue weighted by atomic mass is 16.7. The van der Waals surface area contributed by atoms with Crippen molar-refractivity contribution in [3.63, 3.8) is 0 Å². The summed E-state index contributed by atoms with van der Waals surface area (Å²) in [5.41, 5.74) is 0. The van der Waals surface area contributed by atoms with Crippen LogP contribution in [0.2, 0.25) is 0 Å². The molecule has 1 saturated heterocycles. The molecule has 0 radical (unpaired) electrons. The first-order valence-corrected chi connectivity index (χ1v) is 20.9. The fraction of sp³-hybridized carbons (Fsp3) is 0.881. The molecule has 0 bridgehead atoms. The van der Waals surface area contributed by atoms with E-state index in [4.69, 9.17) is 18.9 Å². The summed E-state index contributed by atoms with van der Waals surface area (Å²) in [7, 11) is 0. The topological polar surface area (TPSA) is 135 Å². The maximum Gasteiger partial charge on any atom is 0.306 e. The molecule has 0 aromatic carbocycles. The summed E-state index contributed by atoms with van der Waals surface area (Å²) in [6, 6.07) is 0. The molecule has 6 unspecified atom stereocenters. The van der Waals surface area contributed by atoms with E-state index in [1.165, 1.54) is 96.3 Å². The number of hydrogen-bond acceptors (Lipinski definition) is 9. The van der Waals surface area contributed by atoms with Crippen molar-refractivity contribution >= 4 is 5.97 Å². The van der Waals surface area contributed by atoms with Gasteiger partial charge < -0.3 is 39.4 Å². The predicted molar refractivity (Wildman–Crippen MR) is 205 cm³/mol. The lowest BCUT2D eigenvalue weighted by atomic mass is 9.99. The lowest BCUT2D eigenvalue weighted by Gasteiger charge is -2.39. The third-order valence-corrected chi connectivity index (χ3v) is 9.62. The Kier molecular flexibility index (Phi) is 32.2. The van der Waals surface area contributed by atoms with Crippen molar-refractivity contribution < 1.29 is 44.2 Å². The molecule has 4 N–H and O–H groups in total. The first-order chi connectivity index (χ1) is 24.9. The minimum Gasteiger partial charge on any atom is -0.457 e. The SMILES string of the molecule is CCCC/C=C\C/C=C\CCCCCCCC(=O)OC(COCCCCCCCCCCCCCCCC)COC1OC(CO)C(O)C(O)C1O. The van der Waals surface area contributed by atoms with Crippen molar-refractivity contribution in [2.75, 3.05) is 26.4 Å². The van der Waals surface area contributed by atoms with Gasteiger partial charge in [-0.25, -0.2) is 0 Å².